The van der Waals surface area contributed by atoms with Crippen LogP contribution in [0.5, 0.6) is 0 Å². The average molecular weight is 305 g/mol. The van der Waals surface area contributed by atoms with E-state index in [0.717, 1.165) is 12.1 Å². The first-order valence-electron chi connectivity index (χ1n) is 5.77. The highest BCUT2D eigenvalue weighted by Crippen LogP contribution is 2.31. The number of halogens is 3. The van der Waals surface area contributed by atoms with Gasteiger partial charge in [-0.05, 0) is 25.1 Å². The van der Waals surface area contributed by atoms with Crippen molar-refractivity contribution in [2.75, 3.05) is 18.4 Å². The summed E-state index contributed by atoms with van der Waals surface area (Å²) in [6.45, 7) is 2.15. The Balaban J connectivity index is 2.97. The molecule has 0 fully saturated rings. The second-order valence-corrected chi connectivity index (χ2v) is 4.37. The maximum absolute atomic E-state index is 12.6. The zero-order valence-electron chi connectivity index (χ0n) is 10.7. The van der Waals surface area contributed by atoms with Gasteiger partial charge < -0.3 is 16.4 Å². The van der Waals surface area contributed by atoms with Gasteiger partial charge in [0.2, 0.25) is 5.91 Å². The first-order chi connectivity index (χ1) is 9.25. The van der Waals surface area contributed by atoms with Crippen molar-refractivity contribution in [3.8, 4) is 0 Å². The van der Waals surface area contributed by atoms with Gasteiger partial charge in [-0.25, -0.2) is 0 Å². The van der Waals surface area contributed by atoms with Crippen molar-refractivity contribution in [1.29, 1.82) is 0 Å². The molecule has 0 aliphatic rings. The largest absolute Gasteiger partial charge is 0.416 e. The Morgan fingerprint density at radius 2 is 2.05 bits per heavy atom. The molecule has 1 aromatic rings. The molecule has 8 heteroatoms. The standard InChI is InChI=1S/C12H14F3N3OS/c1-2-17-10(19)6-18-9-4-3-7(12(13,14)15)5-8(9)11(16)20/h3-5,18H,2,6H2,1H3,(H2,16,20)(H,17,19). The van der Waals surface area contributed by atoms with Crippen LogP contribution < -0.4 is 16.4 Å². The number of nitrogens with two attached hydrogens (primary N) is 1. The Hall–Kier alpha value is -1.83. The molecule has 1 rings (SSSR count). The molecule has 0 saturated heterocycles. The summed E-state index contributed by atoms with van der Waals surface area (Å²) in [5.74, 6) is -0.277. The molecular formula is C12H14F3N3OS. The van der Waals surface area contributed by atoms with Gasteiger partial charge in [0.1, 0.15) is 4.99 Å². The summed E-state index contributed by atoms with van der Waals surface area (Å²) < 4.78 is 37.8. The second-order valence-electron chi connectivity index (χ2n) is 3.93. The van der Waals surface area contributed by atoms with Crippen LogP contribution >= 0.6 is 12.2 Å². The maximum Gasteiger partial charge on any atom is 0.416 e. The third-order valence-corrected chi connectivity index (χ3v) is 2.65. The molecule has 0 bridgehead atoms. The van der Waals surface area contributed by atoms with E-state index in [1.165, 1.54) is 6.07 Å². The van der Waals surface area contributed by atoms with Gasteiger partial charge in [0.05, 0.1) is 12.1 Å². The number of amides is 1. The van der Waals surface area contributed by atoms with E-state index in [0.29, 0.717) is 6.54 Å². The molecule has 1 amide bonds. The van der Waals surface area contributed by atoms with Crippen LogP contribution in [0.2, 0.25) is 0 Å². The molecular weight excluding hydrogens is 291 g/mol. The van der Waals surface area contributed by atoms with Crippen LogP contribution in [0.1, 0.15) is 18.1 Å². The van der Waals surface area contributed by atoms with Crippen LogP contribution in [0.15, 0.2) is 18.2 Å². The lowest BCUT2D eigenvalue weighted by Crippen LogP contribution is -2.30. The van der Waals surface area contributed by atoms with E-state index in [1.807, 2.05) is 0 Å². The fourth-order valence-corrected chi connectivity index (χ4v) is 1.68. The van der Waals surface area contributed by atoms with Gasteiger partial charge in [0.15, 0.2) is 0 Å². The molecule has 0 heterocycles. The van der Waals surface area contributed by atoms with E-state index in [-0.39, 0.29) is 28.7 Å². The summed E-state index contributed by atoms with van der Waals surface area (Å²) in [6, 6.07) is 2.97. The van der Waals surface area contributed by atoms with Crippen molar-refractivity contribution in [2.24, 2.45) is 5.73 Å². The van der Waals surface area contributed by atoms with E-state index in [2.05, 4.69) is 10.6 Å². The number of likely N-dealkylation sites (N-methyl/N-ethyl adjacent to an activating group) is 1. The van der Waals surface area contributed by atoms with Gasteiger partial charge in [-0.2, -0.15) is 13.2 Å². The Bertz CT molecular complexity index is 517. The van der Waals surface area contributed by atoms with E-state index in [1.54, 1.807) is 6.92 Å². The van der Waals surface area contributed by atoms with Crippen LogP contribution in [-0.2, 0) is 11.0 Å². The molecule has 20 heavy (non-hydrogen) atoms. The maximum atomic E-state index is 12.6. The quantitative estimate of drug-likeness (QED) is 0.727. The van der Waals surface area contributed by atoms with Crippen molar-refractivity contribution in [1.82, 2.24) is 5.32 Å². The van der Waals surface area contributed by atoms with Crippen LogP contribution in [-0.4, -0.2) is 24.0 Å². The van der Waals surface area contributed by atoms with Gasteiger partial charge in [0, 0.05) is 17.8 Å². The molecule has 0 radical (unpaired) electrons. The van der Waals surface area contributed by atoms with E-state index < -0.39 is 11.7 Å². The predicted octanol–water partition coefficient (Wildman–Crippen LogP) is 1.89. The van der Waals surface area contributed by atoms with E-state index in [4.69, 9.17) is 18.0 Å². The third-order valence-electron chi connectivity index (χ3n) is 2.43. The molecule has 0 spiro atoms. The molecule has 110 valence electrons. The van der Waals surface area contributed by atoms with Gasteiger partial charge in [0.25, 0.3) is 0 Å². The second kappa shape index (κ2) is 6.56. The monoisotopic (exact) mass is 305 g/mol. The first kappa shape index (κ1) is 16.2. The summed E-state index contributed by atoms with van der Waals surface area (Å²) in [5, 5.41) is 5.27. The zero-order valence-corrected chi connectivity index (χ0v) is 11.5. The highest BCUT2D eigenvalue weighted by atomic mass is 32.1. The number of thiocarbonyl (C=S) groups is 1. The minimum absolute atomic E-state index is 0.0547. The SMILES string of the molecule is CCNC(=O)CNc1ccc(C(F)(F)F)cc1C(N)=S. The van der Waals surface area contributed by atoms with Gasteiger partial charge in [-0.1, -0.05) is 12.2 Å². The number of alkyl halides is 3. The normalized spacial score (nSPS) is 11.0. The van der Waals surface area contributed by atoms with E-state index >= 15 is 0 Å². The highest BCUT2D eigenvalue weighted by Gasteiger charge is 2.31. The Morgan fingerprint density at radius 1 is 1.40 bits per heavy atom. The number of rotatable bonds is 5. The van der Waals surface area contributed by atoms with E-state index in [9.17, 15) is 18.0 Å². The first-order valence-corrected chi connectivity index (χ1v) is 6.18. The van der Waals surface area contributed by atoms with Crippen molar-refractivity contribution >= 4 is 28.8 Å². The number of hydrogen-bond donors (Lipinski definition) is 3. The summed E-state index contributed by atoms with van der Waals surface area (Å²) >= 11 is 4.73. The highest BCUT2D eigenvalue weighted by molar-refractivity contribution is 7.80. The van der Waals surface area contributed by atoms with Crippen molar-refractivity contribution in [3.63, 3.8) is 0 Å². The minimum Gasteiger partial charge on any atom is -0.389 e. The molecule has 1 aromatic carbocycles. The smallest absolute Gasteiger partial charge is 0.389 e. The Morgan fingerprint density at radius 3 is 2.55 bits per heavy atom. The number of benzene rings is 1. The zero-order chi connectivity index (χ0) is 15.3. The topological polar surface area (TPSA) is 67.2 Å². The summed E-state index contributed by atoms with van der Waals surface area (Å²) in [4.78, 5) is 11.1. The van der Waals surface area contributed by atoms with Gasteiger partial charge in [-0.15, -0.1) is 0 Å². The number of hydrogen-bond acceptors (Lipinski definition) is 3. The molecule has 0 unspecified atom stereocenters. The lowest BCUT2D eigenvalue weighted by atomic mass is 10.1. The number of anilines is 1. The van der Waals surface area contributed by atoms with Gasteiger partial charge >= 0.3 is 6.18 Å². The lowest BCUT2D eigenvalue weighted by molar-refractivity contribution is -0.137. The number of carbonyl (C=O) groups excluding carboxylic acids is 1. The molecule has 0 aliphatic carbocycles. The molecule has 4 nitrogen and oxygen atoms in total. The minimum atomic E-state index is -4.47. The predicted molar refractivity (Wildman–Crippen MR) is 74.5 cm³/mol. The van der Waals surface area contributed by atoms with Crippen molar-refractivity contribution in [2.45, 2.75) is 13.1 Å². The van der Waals surface area contributed by atoms with Crippen LogP contribution in [0.4, 0.5) is 18.9 Å². The number of nitrogens with one attached hydrogen (secondary N) is 2. The average Bonchev–Trinajstić information content (AvgIpc) is 2.35. The Kier molecular flexibility index (Phi) is 5.32. The Labute approximate surface area is 119 Å². The molecule has 0 atom stereocenters. The van der Waals surface area contributed by atoms with Crippen molar-refractivity contribution in [3.05, 3.63) is 29.3 Å². The summed E-state index contributed by atoms with van der Waals surface area (Å²) in [5.41, 5.74) is 4.92. The van der Waals surface area contributed by atoms with Crippen molar-refractivity contribution < 1.29 is 18.0 Å². The van der Waals surface area contributed by atoms with Gasteiger partial charge in [-0.3, -0.25) is 4.79 Å². The third kappa shape index (κ3) is 4.37. The van der Waals surface area contributed by atoms with Crippen LogP contribution in [0.3, 0.4) is 0 Å². The molecule has 0 aliphatic heterocycles. The fourth-order valence-electron chi connectivity index (χ4n) is 1.51. The summed E-state index contributed by atoms with van der Waals surface area (Å²) in [6.07, 6.45) is -4.47. The molecule has 4 N–H and O–H groups in total. The van der Waals surface area contributed by atoms with Crippen LogP contribution in [0, 0.1) is 0 Å². The van der Waals surface area contributed by atoms with Crippen LogP contribution in [0.25, 0.3) is 0 Å². The lowest BCUT2D eigenvalue weighted by Gasteiger charge is -2.14. The summed E-state index contributed by atoms with van der Waals surface area (Å²) in [7, 11) is 0. The fraction of sp³-hybridized carbons (Fsp3) is 0.333. The molecule has 0 aromatic heterocycles. The number of carbonyl (C=O) groups is 1. The molecule has 0 saturated carbocycles.